The van der Waals surface area contributed by atoms with Gasteiger partial charge in [0.15, 0.2) is 0 Å². The molecule has 17 heavy (non-hydrogen) atoms. The lowest BCUT2D eigenvalue weighted by molar-refractivity contribution is 0.248. The van der Waals surface area contributed by atoms with E-state index in [2.05, 4.69) is 26.6 Å². The van der Waals surface area contributed by atoms with Crippen LogP contribution in [0.2, 0.25) is 0 Å². The SMILES string of the molecule is Cc1ccc(NC(=O)NC2CCCC2)c(Br)c1. The van der Waals surface area contributed by atoms with E-state index in [9.17, 15) is 4.79 Å². The van der Waals surface area contributed by atoms with E-state index < -0.39 is 0 Å². The maximum Gasteiger partial charge on any atom is 0.319 e. The molecule has 92 valence electrons. The summed E-state index contributed by atoms with van der Waals surface area (Å²) < 4.78 is 0.916. The Kier molecular flexibility index (Phi) is 4.05. The number of carbonyl (C=O) groups is 1. The standard InChI is InChI=1S/C13H17BrN2O/c1-9-6-7-12(11(14)8-9)16-13(17)15-10-4-2-3-5-10/h6-8,10H,2-5H2,1H3,(H2,15,16,17). The van der Waals surface area contributed by atoms with E-state index >= 15 is 0 Å². The molecular formula is C13H17BrN2O. The van der Waals surface area contributed by atoms with Crippen LogP contribution in [-0.2, 0) is 0 Å². The Balaban J connectivity index is 1.93. The zero-order valence-corrected chi connectivity index (χ0v) is 11.5. The van der Waals surface area contributed by atoms with Gasteiger partial charge in [0, 0.05) is 10.5 Å². The van der Waals surface area contributed by atoms with Crippen LogP contribution in [0.1, 0.15) is 31.2 Å². The number of hydrogen-bond donors (Lipinski definition) is 2. The van der Waals surface area contributed by atoms with Crippen molar-refractivity contribution >= 4 is 27.6 Å². The molecule has 0 radical (unpaired) electrons. The Bertz CT molecular complexity index is 414. The highest BCUT2D eigenvalue weighted by Gasteiger charge is 2.17. The first-order valence-electron chi connectivity index (χ1n) is 5.99. The van der Waals surface area contributed by atoms with Crippen molar-refractivity contribution in [2.75, 3.05) is 5.32 Å². The number of rotatable bonds is 2. The fourth-order valence-corrected chi connectivity index (χ4v) is 2.73. The monoisotopic (exact) mass is 296 g/mol. The minimum atomic E-state index is -0.110. The number of amides is 2. The van der Waals surface area contributed by atoms with Gasteiger partial charge in [-0.05, 0) is 53.4 Å². The van der Waals surface area contributed by atoms with Gasteiger partial charge in [0.05, 0.1) is 5.69 Å². The van der Waals surface area contributed by atoms with E-state index in [0.29, 0.717) is 6.04 Å². The lowest BCUT2D eigenvalue weighted by Crippen LogP contribution is -2.36. The molecule has 1 saturated carbocycles. The summed E-state index contributed by atoms with van der Waals surface area (Å²) in [6.07, 6.45) is 4.64. The number of aryl methyl sites for hydroxylation is 1. The van der Waals surface area contributed by atoms with Gasteiger partial charge in [-0.2, -0.15) is 0 Å². The van der Waals surface area contributed by atoms with Gasteiger partial charge >= 0.3 is 6.03 Å². The topological polar surface area (TPSA) is 41.1 Å². The summed E-state index contributed by atoms with van der Waals surface area (Å²) >= 11 is 3.45. The number of urea groups is 1. The van der Waals surface area contributed by atoms with Crippen LogP contribution in [-0.4, -0.2) is 12.1 Å². The first-order chi connectivity index (χ1) is 8.15. The van der Waals surface area contributed by atoms with Crippen molar-refractivity contribution in [3.63, 3.8) is 0 Å². The van der Waals surface area contributed by atoms with Crippen LogP contribution in [0.5, 0.6) is 0 Å². The van der Waals surface area contributed by atoms with Crippen LogP contribution in [0, 0.1) is 6.92 Å². The van der Waals surface area contributed by atoms with Gasteiger partial charge in [-0.25, -0.2) is 4.79 Å². The predicted molar refractivity (Wildman–Crippen MR) is 73.3 cm³/mol. The van der Waals surface area contributed by atoms with Crippen molar-refractivity contribution < 1.29 is 4.79 Å². The third kappa shape index (κ3) is 3.46. The Hall–Kier alpha value is -1.03. The Morgan fingerprint density at radius 1 is 1.35 bits per heavy atom. The largest absolute Gasteiger partial charge is 0.335 e. The molecule has 2 N–H and O–H groups in total. The van der Waals surface area contributed by atoms with Gasteiger partial charge in [0.25, 0.3) is 0 Å². The molecule has 2 amide bonds. The molecule has 1 aliphatic carbocycles. The number of carbonyl (C=O) groups excluding carboxylic acids is 1. The first kappa shape index (κ1) is 12.4. The predicted octanol–water partition coefficient (Wildman–Crippen LogP) is 3.82. The van der Waals surface area contributed by atoms with Crippen molar-refractivity contribution in [3.05, 3.63) is 28.2 Å². The minimum absolute atomic E-state index is 0.110. The quantitative estimate of drug-likeness (QED) is 0.856. The van der Waals surface area contributed by atoms with Gasteiger partial charge in [0.1, 0.15) is 0 Å². The molecule has 1 aromatic rings. The average molecular weight is 297 g/mol. The van der Waals surface area contributed by atoms with Crippen LogP contribution in [0.4, 0.5) is 10.5 Å². The van der Waals surface area contributed by atoms with Crippen LogP contribution in [0.15, 0.2) is 22.7 Å². The fourth-order valence-electron chi connectivity index (χ4n) is 2.14. The fraction of sp³-hybridized carbons (Fsp3) is 0.462. The van der Waals surface area contributed by atoms with E-state index in [0.717, 1.165) is 23.0 Å². The van der Waals surface area contributed by atoms with Gasteiger partial charge < -0.3 is 10.6 Å². The van der Waals surface area contributed by atoms with Crippen LogP contribution in [0.3, 0.4) is 0 Å². The number of nitrogens with one attached hydrogen (secondary N) is 2. The van der Waals surface area contributed by atoms with Gasteiger partial charge in [-0.15, -0.1) is 0 Å². The van der Waals surface area contributed by atoms with E-state index in [1.54, 1.807) is 0 Å². The molecule has 2 rings (SSSR count). The van der Waals surface area contributed by atoms with Gasteiger partial charge in [-0.1, -0.05) is 18.9 Å². The zero-order valence-electron chi connectivity index (χ0n) is 9.92. The molecule has 0 bridgehead atoms. The summed E-state index contributed by atoms with van der Waals surface area (Å²) in [7, 11) is 0. The molecular weight excluding hydrogens is 280 g/mol. The Morgan fingerprint density at radius 2 is 2.06 bits per heavy atom. The average Bonchev–Trinajstić information content (AvgIpc) is 2.75. The highest BCUT2D eigenvalue weighted by molar-refractivity contribution is 9.10. The van der Waals surface area contributed by atoms with Crippen molar-refractivity contribution in [2.45, 2.75) is 38.6 Å². The molecule has 4 heteroatoms. The highest BCUT2D eigenvalue weighted by atomic mass is 79.9. The normalized spacial score (nSPS) is 15.9. The third-order valence-corrected chi connectivity index (χ3v) is 3.72. The van der Waals surface area contributed by atoms with Crippen molar-refractivity contribution in [2.24, 2.45) is 0 Å². The molecule has 1 aliphatic rings. The summed E-state index contributed by atoms with van der Waals surface area (Å²) in [5.41, 5.74) is 1.98. The molecule has 0 spiro atoms. The van der Waals surface area contributed by atoms with Gasteiger partial charge in [0.2, 0.25) is 0 Å². The van der Waals surface area contributed by atoms with Gasteiger partial charge in [-0.3, -0.25) is 0 Å². The minimum Gasteiger partial charge on any atom is -0.335 e. The third-order valence-electron chi connectivity index (χ3n) is 3.06. The second-order valence-corrected chi connectivity index (χ2v) is 5.42. The Labute approximate surface area is 110 Å². The molecule has 0 saturated heterocycles. The Morgan fingerprint density at radius 3 is 2.71 bits per heavy atom. The molecule has 3 nitrogen and oxygen atoms in total. The van der Waals surface area contributed by atoms with Crippen molar-refractivity contribution in [1.82, 2.24) is 5.32 Å². The molecule has 1 fully saturated rings. The molecule has 0 atom stereocenters. The molecule has 1 aromatic carbocycles. The number of halogens is 1. The number of anilines is 1. The molecule has 0 heterocycles. The summed E-state index contributed by atoms with van der Waals surface area (Å²) in [6, 6.07) is 6.12. The number of hydrogen-bond acceptors (Lipinski definition) is 1. The summed E-state index contributed by atoms with van der Waals surface area (Å²) in [4.78, 5) is 11.8. The maximum atomic E-state index is 11.8. The lowest BCUT2D eigenvalue weighted by Gasteiger charge is -2.14. The first-order valence-corrected chi connectivity index (χ1v) is 6.78. The van der Waals surface area contributed by atoms with E-state index in [1.165, 1.54) is 18.4 Å². The summed E-state index contributed by atoms with van der Waals surface area (Å²) in [5.74, 6) is 0. The molecule has 0 aromatic heterocycles. The van der Waals surface area contributed by atoms with E-state index in [-0.39, 0.29) is 6.03 Å². The second-order valence-electron chi connectivity index (χ2n) is 4.56. The number of benzene rings is 1. The van der Waals surface area contributed by atoms with Crippen molar-refractivity contribution in [1.29, 1.82) is 0 Å². The van der Waals surface area contributed by atoms with Crippen LogP contribution in [0.25, 0.3) is 0 Å². The maximum absolute atomic E-state index is 11.8. The summed E-state index contributed by atoms with van der Waals surface area (Å²) in [5, 5.41) is 5.87. The summed E-state index contributed by atoms with van der Waals surface area (Å²) in [6.45, 7) is 2.02. The highest BCUT2D eigenvalue weighted by Crippen LogP contribution is 2.23. The van der Waals surface area contributed by atoms with Crippen molar-refractivity contribution in [3.8, 4) is 0 Å². The van der Waals surface area contributed by atoms with E-state index in [4.69, 9.17) is 0 Å². The lowest BCUT2D eigenvalue weighted by atomic mass is 10.2. The van der Waals surface area contributed by atoms with E-state index in [1.807, 2.05) is 25.1 Å². The molecule has 0 unspecified atom stereocenters. The molecule has 0 aliphatic heterocycles. The second kappa shape index (κ2) is 5.54. The smallest absolute Gasteiger partial charge is 0.319 e. The van der Waals surface area contributed by atoms with Crippen LogP contribution < -0.4 is 10.6 Å². The zero-order chi connectivity index (χ0) is 12.3. The van der Waals surface area contributed by atoms with Crippen LogP contribution >= 0.6 is 15.9 Å².